The third-order valence-electron chi connectivity index (χ3n) is 4.50. The van der Waals surface area contributed by atoms with Crippen molar-refractivity contribution in [1.82, 2.24) is 9.46 Å². The molecule has 0 saturated carbocycles. The van der Waals surface area contributed by atoms with E-state index in [-0.39, 0.29) is 0 Å². The minimum Gasteiger partial charge on any atom is -0.464 e. The van der Waals surface area contributed by atoms with Gasteiger partial charge < -0.3 is 27.0 Å². The van der Waals surface area contributed by atoms with Crippen LogP contribution in [0.3, 0.4) is 0 Å². The van der Waals surface area contributed by atoms with Crippen molar-refractivity contribution in [2.75, 3.05) is 0 Å². The molecule has 4 nitrogen and oxygen atoms in total. The molecule has 0 fully saturated rings. The molecule has 24 heavy (non-hydrogen) atoms. The Morgan fingerprint density at radius 1 is 1.08 bits per heavy atom. The number of fused-ring (bicyclic) bond motifs is 2. The average Bonchev–Trinajstić information content (AvgIpc) is 3.35. The first-order chi connectivity index (χ1) is 11.7. The van der Waals surface area contributed by atoms with Gasteiger partial charge in [-0.1, -0.05) is 0 Å². The third-order valence-corrected chi connectivity index (χ3v) is 4.50. The number of nitrogens with one attached hydrogen (secondary N) is 1. The molecule has 0 amide bonds. The smallest absolute Gasteiger partial charge is 0.464 e. The summed E-state index contributed by atoms with van der Waals surface area (Å²) in [7, 11) is 0. The first-order valence-corrected chi connectivity index (χ1v) is 7.64. The van der Waals surface area contributed by atoms with E-state index in [4.69, 9.17) is 4.42 Å². The van der Waals surface area contributed by atoms with Crippen LogP contribution in [0, 0.1) is 0 Å². The number of halogens is 2. The van der Waals surface area contributed by atoms with E-state index in [1.807, 2.05) is 0 Å². The summed E-state index contributed by atoms with van der Waals surface area (Å²) in [4.78, 5) is 3.01. The van der Waals surface area contributed by atoms with Gasteiger partial charge in [-0.2, -0.15) is 0 Å². The van der Waals surface area contributed by atoms with E-state index >= 15 is 8.63 Å². The largest absolute Gasteiger partial charge is 0.737 e. The maximum Gasteiger partial charge on any atom is 0.737 e. The lowest BCUT2D eigenvalue weighted by atomic mass is 9.87. The predicted octanol–water partition coefficient (Wildman–Crippen LogP) is 3.73. The molecule has 3 aromatic heterocycles. The number of aromatic amines is 1. The van der Waals surface area contributed by atoms with Crippen LogP contribution in [0.2, 0.25) is 0 Å². The fourth-order valence-electron chi connectivity index (χ4n) is 3.50. The lowest BCUT2D eigenvalue weighted by Gasteiger charge is -2.31. The molecular weight excluding hydrogens is 311 g/mol. The summed E-state index contributed by atoms with van der Waals surface area (Å²) < 4.78 is 38.2. The first-order valence-electron chi connectivity index (χ1n) is 7.64. The van der Waals surface area contributed by atoms with Crippen molar-refractivity contribution >= 4 is 18.8 Å². The second-order valence-corrected chi connectivity index (χ2v) is 5.80. The summed E-state index contributed by atoms with van der Waals surface area (Å²) >= 11 is 0. The van der Waals surface area contributed by atoms with Crippen molar-refractivity contribution in [3.63, 3.8) is 0 Å². The fraction of sp³-hybridized carbons (Fsp3) is 0. The van der Waals surface area contributed by atoms with Crippen LogP contribution in [0.4, 0.5) is 8.63 Å². The zero-order valence-corrected chi connectivity index (χ0v) is 12.5. The maximum atomic E-state index is 15.3. The normalized spacial score (nSPS) is 17.8. The molecule has 0 unspecified atom stereocenters. The van der Waals surface area contributed by atoms with E-state index in [1.54, 1.807) is 61.0 Å². The quantitative estimate of drug-likeness (QED) is 0.717. The monoisotopic (exact) mass is 323 g/mol. The summed E-state index contributed by atoms with van der Waals surface area (Å²) in [5, 5.41) is 0. The molecule has 3 aromatic rings. The van der Waals surface area contributed by atoms with Crippen LogP contribution in [0.15, 0.2) is 71.1 Å². The molecule has 5 rings (SSSR count). The van der Waals surface area contributed by atoms with E-state index in [0.717, 1.165) is 8.96 Å². The van der Waals surface area contributed by atoms with Gasteiger partial charge in [0.1, 0.15) is 17.5 Å². The van der Waals surface area contributed by atoms with E-state index < -0.39 is 6.97 Å². The van der Waals surface area contributed by atoms with Gasteiger partial charge in [-0.15, -0.1) is 0 Å². The molecule has 0 atom stereocenters. The summed E-state index contributed by atoms with van der Waals surface area (Å²) in [6, 6.07) is 10.6. The van der Waals surface area contributed by atoms with E-state index in [1.165, 1.54) is 6.21 Å². The molecule has 0 spiro atoms. The number of allylic oxidation sites excluding steroid dienone is 2. The highest BCUT2D eigenvalue weighted by Crippen LogP contribution is 2.41. The van der Waals surface area contributed by atoms with Crippen LogP contribution >= 0.6 is 0 Å². The SMILES string of the molecule is F[B-]1(F)n2c(ccc2-c2ccc[nH]2)C(c2ccco2)=C2C=CC=[N+]21. The zero-order chi connectivity index (χ0) is 16.3. The fourth-order valence-corrected chi connectivity index (χ4v) is 3.50. The lowest BCUT2D eigenvalue weighted by Crippen LogP contribution is -2.49. The van der Waals surface area contributed by atoms with Crippen molar-refractivity contribution in [2.45, 2.75) is 0 Å². The molecule has 2 aliphatic rings. The Balaban J connectivity index is 1.86. The molecule has 0 bridgehead atoms. The zero-order valence-electron chi connectivity index (χ0n) is 12.5. The molecule has 5 heterocycles. The van der Waals surface area contributed by atoms with Crippen molar-refractivity contribution in [1.29, 1.82) is 0 Å². The van der Waals surface area contributed by atoms with Gasteiger partial charge in [0.25, 0.3) is 0 Å². The standard InChI is InChI=1S/C17H12BF2N3O/c19-18(20)22-10-2-5-14(22)17(16-6-3-11-24-16)15-8-7-13(23(15)18)12-4-1-9-21-12/h1-11,21H. The van der Waals surface area contributed by atoms with Crippen LogP contribution in [0.25, 0.3) is 17.0 Å². The molecule has 0 saturated heterocycles. The van der Waals surface area contributed by atoms with Gasteiger partial charge in [-0.25, -0.2) is 0 Å². The first kappa shape index (κ1) is 13.4. The van der Waals surface area contributed by atoms with Crippen molar-refractivity contribution < 1.29 is 17.5 Å². The summed E-state index contributed by atoms with van der Waals surface area (Å²) in [6.45, 7) is -3.99. The highest BCUT2D eigenvalue weighted by atomic mass is 19.2. The van der Waals surface area contributed by atoms with Crippen LogP contribution in [-0.2, 0) is 0 Å². The van der Waals surface area contributed by atoms with Gasteiger partial charge in [0.05, 0.1) is 12.0 Å². The van der Waals surface area contributed by atoms with Gasteiger partial charge in [0.15, 0.2) is 5.70 Å². The number of furan rings is 1. The van der Waals surface area contributed by atoms with Crippen LogP contribution in [0.5, 0.6) is 0 Å². The van der Waals surface area contributed by atoms with Gasteiger partial charge in [-0.3, -0.25) is 0 Å². The highest BCUT2D eigenvalue weighted by molar-refractivity contribution is 6.58. The Labute approximate surface area is 136 Å². The number of nitrogens with zero attached hydrogens (tertiary/aromatic N) is 2. The van der Waals surface area contributed by atoms with Gasteiger partial charge in [-0.05, 0) is 36.4 Å². The second kappa shape index (κ2) is 4.47. The van der Waals surface area contributed by atoms with Crippen LogP contribution < -0.4 is 0 Å². The van der Waals surface area contributed by atoms with Crippen molar-refractivity contribution in [2.24, 2.45) is 0 Å². The Morgan fingerprint density at radius 2 is 1.96 bits per heavy atom. The predicted molar refractivity (Wildman–Crippen MR) is 87.8 cm³/mol. The molecule has 0 radical (unpaired) electrons. The molecule has 7 heteroatoms. The average molecular weight is 323 g/mol. The Kier molecular flexibility index (Phi) is 2.49. The highest BCUT2D eigenvalue weighted by Gasteiger charge is 2.53. The summed E-state index contributed by atoms with van der Waals surface area (Å²) in [5.41, 5.74) is 2.67. The molecular formula is C17H12BF2N3O. The molecule has 0 aliphatic carbocycles. The van der Waals surface area contributed by atoms with E-state index in [9.17, 15) is 0 Å². The van der Waals surface area contributed by atoms with E-state index in [0.29, 0.717) is 34.1 Å². The third kappa shape index (κ3) is 1.58. The lowest BCUT2D eigenvalue weighted by molar-refractivity contribution is -0.356. The number of hydrogen-bond donors (Lipinski definition) is 1. The second-order valence-electron chi connectivity index (χ2n) is 5.80. The van der Waals surface area contributed by atoms with Gasteiger partial charge in [0.2, 0.25) is 0 Å². The van der Waals surface area contributed by atoms with Crippen LogP contribution in [0.1, 0.15) is 11.5 Å². The van der Waals surface area contributed by atoms with Gasteiger partial charge in [0, 0.05) is 29.7 Å². The number of rotatable bonds is 2. The summed E-state index contributed by atoms with van der Waals surface area (Å²) in [5.74, 6) is 0.568. The number of aromatic nitrogens is 2. The van der Waals surface area contributed by atoms with E-state index in [2.05, 4.69) is 4.98 Å². The Morgan fingerprint density at radius 3 is 2.71 bits per heavy atom. The number of hydrogen-bond acceptors (Lipinski definition) is 1. The Hall–Kier alpha value is -3.09. The molecule has 2 aliphatic heterocycles. The molecule has 1 N–H and O–H groups in total. The Bertz CT molecular complexity index is 1020. The van der Waals surface area contributed by atoms with Crippen molar-refractivity contribution in [3.05, 3.63) is 78.2 Å². The van der Waals surface area contributed by atoms with Crippen LogP contribution in [-0.4, -0.2) is 27.1 Å². The maximum absolute atomic E-state index is 15.3. The molecule has 118 valence electrons. The topological polar surface area (TPSA) is 36.9 Å². The van der Waals surface area contributed by atoms with Gasteiger partial charge >= 0.3 is 6.97 Å². The number of H-pyrrole nitrogens is 1. The summed E-state index contributed by atoms with van der Waals surface area (Å²) in [6.07, 6.45) is 8.01. The minimum atomic E-state index is -3.99. The minimum absolute atomic E-state index is 0.448. The molecule has 0 aromatic carbocycles. The van der Waals surface area contributed by atoms with Crippen molar-refractivity contribution in [3.8, 4) is 11.4 Å².